The maximum atomic E-state index is 10.2. The van der Waals surface area contributed by atoms with Gasteiger partial charge >= 0.3 is 0 Å². The predicted octanol–water partition coefficient (Wildman–Crippen LogP) is 4.52. The average molecular weight is 311 g/mol. The predicted molar refractivity (Wildman–Crippen MR) is 91.3 cm³/mol. The van der Waals surface area contributed by atoms with E-state index in [1.807, 2.05) is 36.4 Å². The third-order valence-corrected chi connectivity index (χ3v) is 3.92. The molecule has 120 valence electrons. The molecule has 1 aromatic heterocycles. The Morgan fingerprint density at radius 3 is 2.39 bits per heavy atom. The number of hydrogen-bond acceptors (Lipinski definition) is 3. The number of ether oxygens (including phenoxy) is 2. The first-order chi connectivity index (χ1) is 11.1. The number of aromatic hydroxyl groups is 1. The highest BCUT2D eigenvalue weighted by Crippen LogP contribution is 2.32. The molecule has 0 unspecified atom stereocenters. The highest BCUT2D eigenvalue weighted by Gasteiger charge is 2.14. The van der Waals surface area contributed by atoms with Crippen molar-refractivity contribution in [3.05, 3.63) is 54.2 Å². The van der Waals surface area contributed by atoms with E-state index in [4.69, 9.17) is 9.47 Å². The number of nitrogens with zero attached hydrogens (tertiary/aromatic N) is 1. The van der Waals surface area contributed by atoms with Gasteiger partial charge in [0.25, 0.3) is 0 Å². The lowest BCUT2D eigenvalue weighted by Gasteiger charge is -2.08. The Morgan fingerprint density at radius 1 is 1.04 bits per heavy atom. The largest absolute Gasteiger partial charge is 0.507 e. The first-order valence-electron chi connectivity index (χ1n) is 7.68. The number of fused-ring (bicyclic) bond motifs is 1. The van der Waals surface area contributed by atoms with Gasteiger partial charge in [-0.25, -0.2) is 0 Å². The molecule has 0 fully saturated rings. The minimum absolute atomic E-state index is 0.287. The SMILES string of the molecule is COc1ccc(OCc2cn(C(C)C)c3cccc(O)c23)cc1. The number of rotatable bonds is 5. The van der Waals surface area contributed by atoms with Crippen LogP contribution in [0, 0.1) is 0 Å². The highest BCUT2D eigenvalue weighted by atomic mass is 16.5. The summed E-state index contributed by atoms with van der Waals surface area (Å²) in [7, 11) is 1.64. The summed E-state index contributed by atoms with van der Waals surface area (Å²) < 4.78 is 13.2. The van der Waals surface area contributed by atoms with E-state index < -0.39 is 0 Å². The third-order valence-electron chi connectivity index (χ3n) is 3.92. The second-order valence-corrected chi connectivity index (χ2v) is 5.79. The molecule has 0 saturated heterocycles. The molecule has 0 amide bonds. The zero-order valence-corrected chi connectivity index (χ0v) is 13.6. The Labute approximate surface area is 135 Å². The minimum atomic E-state index is 0.287. The standard InChI is InChI=1S/C19H21NO3/c1-13(2)20-11-14(19-17(20)5-4-6-18(19)21)12-23-16-9-7-15(22-3)8-10-16/h4-11,13,21H,12H2,1-3H3. The minimum Gasteiger partial charge on any atom is -0.507 e. The zero-order valence-electron chi connectivity index (χ0n) is 13.6. The van der Waals surface area contributed by atoms with Crippen LogP contribution in [0.2, 0.25) is 0 Å². The Balaban J connectivity index is 1.90. The van der Waals surface area contributed by atoms with Crippen molar-refractivity contribution in [2.75, 3.05) is 7.11 Å². The molecule has 0 atom stereocenters. The average Bonchev–Trinajstić information content (AvgIpc) is 2.94. The van der Waals surface area contributed by atoms with E-state index in [9.17, 15) is 5.11 Å². The Bertz CT molecular complexity index is 803. The van der Waals surface area contributed by atoms with E-state index in [2.05, 4.69) is 24.6 Å². The van der Waals surface area contributed by atoms with Gasteiger partial charge in [-0.15, -0.1) is 0 Å². The maximum Gasteiger partial charge on any atom is 0.125 e. The third kappa shape index (κ3) is 2.97. The smallest absolute Gasteiger partial charge is 0.125 e. The molecule has 2 aromatic carbocycles. The summed E-state index contributed by atoms with van der Waals surface area (Å²) in [5.74, 6) is 1.85. The van der Waals surface area contributed by atoms with Gasteiger partial charge in [0, 0.05) is 23.2 Å². The van der Waals surface area contributed by atoms with Crippen LogP contribution in [-0.2, 0) is 6.61 Å². The molecule has 4 nitrogen and oxygen atoms in total. The van der Waals surface area contributed by atoms with Crippen molar-refractivity contribution in [3.63, 3.8) is 0 Å². The summed E-state index contributed by atoms with van der Waals surface area (Å²) in [5, 5.41) is 11.1. The number of phenols is 1. The van der Waals surface area contributed by atoms with Crippen molar-refractivity contribution >= 4 is 10.9 Å². The van der Waals surface area contributed by atoms with Gasteiger partial charge in [-0.1, -0.05) is 6.07 Å². The lowest BCUT2D eigenvalue weighted by molar-refractivity contribution is 0.306. The van der Waals surface area contributed by atoms with Crippen molar-refractivity contribution < 1.29 is 14.6 Å². The first-order valence-corrected chi connectivity index (χ1v) is 7.68. The normalized spacial score (nSPS) is 11.1. The fourth-order valence-corrected chi connectivity index (χ4v) is 2.74. The number of aromatic nitrogens is 1. The lowest BCUT2D eigenvalue weighted by atomic mass is 10.1. The van der Waals surface area contributed by atoms with Crippen molar-refractivity contribution in [2.24, 2.45) is 0 Å². The van der Waals surface area contributed by atoms with Gasteiger partial charge in [-0.2, -0.15) is 0 Å². The van der Waals surface area contributed by atoms with Gasteiger partial charge in [0.1, 0.15) is 23.9 Å². The summed E-state index contributed by atoms with van der Waals surface area (Å²) in [6.07, 6.45) is 2.05. The fourth-order valence-electron chi connectivity index (χ4n) is 2.74. The van der Waals surface area contributed by atoms with Crippen LogP contribution in [0.3, 0.4) is 0 Å². The number of hydrogen-bond donors (Lipinski definition) is 1. The monoisotopic (exact) mass is 311 g/mol. The molecule has 0 radical (unpaired) electrons. The molecular weight excluding hydrogens is 290 g/mol. The lowest BCUT2D eigenvalue weighted by Crippen LogP contribution is -1.98. The van der Waals surface area contributed by atoms with Crippen LogP contribution in [0.15, 0.2) is 48.7 Å². The molecule has 0 bridgehead atoms. The molecule has 23 heavy (non-hydrogen) atoms. The van der Waals surface area contributed by atoms with E-state index in [1.54, 1.807) is 13.2 Å². The van der Waals surface area contributed by atoms with Crippen LogP contribution >= 0.6 is 0 Å². The maximum absolute atomic E-state index is 10.2. The van der Waals surface area contributed by atoms with Gasteiger partial charge in [0.15, 0.2) is 0 Å². The molecule has 0 aliphatic carbocycles. The molecule has 1 heterocycles. The molecule has 3 aromatic rings. The van der Waals surface area contributed by atoms with Gasteiger partial charge in [0.2, 0.25) is 0 Å². The highest BCUT2D eigenvalue weighted by molar-refractivity contribution is 5.89. The second-order valence-electron chi connectivity index (χ2n) is 5.79. The summed E-state index contributed by atoms with van der Waals surface area (Å²) in [6.45, 7) is 4.65. The van der Waals surface area contributed by atoms with Crippen LogP contribution < -0.4 is 9.47 Å². The number of benzene rings is 2. The van der Waals surface area contributed by atoms with E-state index >= 15 is 0 Å². The van der Waals surface area contributed by atoms with Crippen LogP contribution in [0.4, 0.5) is 0 Å². The topological polar surface area (TPSA) is 43.6 Å². The first kappa shape index (κ1) is 15.3. The molecular formula is C19H21NO3. The Kier molecular flexibility index (Phi) is 4.15. The van der Waals surface area contributed by atoms with Crippen molar-refractivity contribution in [1.82, 2.24) is 4.57 Å². The van der Waals surface area contributed by atoms with E-state index in [1.165, 1.54) is 0 Å². The quantitative estimate of drug-likeness (QED) is 0.753. The van der Waals surface area contributed by atoms with Crippen molar-refractivity contribution in [3.8, 4) is 17.2 Å². The van der Waals surface area contributed by atoms with Crippen molar-refractivity contribution in [2.45, 2.75) is 26.5 Å². The second kappa shape index (κ2) is 6.24. The molecule has 0 saturated carbocycles. The Hall–Kier alpha value is -2.62. The molecule has 0 aliphatic heterocycles. The fraction of sp³-hybridized carbons (Fsp3) is 0.263. The molecule has 3 rings (SSSR count). The van der Waals surface area contributed by atoms with Gasteiger partial charge in [0.05, 0.1) is 12.6 Å². The molecule has 0 aliphatic rings. The molecule has 0 spiro atoms. The van der Waals surface area contributed by atoms with Gasteiger partial charge < -0.3 is 19.1 Å². The summed E-state index contributed by atoms with van der Waals surface area (Å²) in [6, 6.07) is 13.4. The number of methoxy groups -OCH3 is 1. The number of phenolic OH excluding ortho intramolecular Hbond substituents is 1. The van der Waals surface area contributed by atoms with Gasteiger partial charge in [-0.05, 0) is 50.2 Å². The van der Waals surface area contributed by atoms with E-state index in [0.717, 1.165) is 28.0 Å². The molecule has 1 N–H and O–H groups in total. The van der Waals surface area contributed by atoms with Crippen LogP contribution in [0.5, 0.6) is 17.2 Å². The Morgan fingerprint density at radius 2 is 1.74 bits per heavy atom. The van der Waals surface area contributed by atoms with Gasteiger partial charge in [-0.3, -0.25) is 0 Å². The van der Waals surface area contributed by atoms with Crippen molar-refractivity contribution in [1.29, 1.82) is 0 Å². The van der Waals surface area contributed by atoms with E-state index in [0.29, 0.717) is 12.6 Å². The summed E-state index contributed by atoms with van der Waals surface area (Å²) >= 11 is 0. The summed E-state index contributed by atoms with van der Waals surface area (Å²) in [4.78, 5) is 0. The van der Waals surface area contributed by atoms with Crippen LogP contribution in [0.1, 0.15) is 25.5 Å². The van der Waals surface area contributed by atoms with Crippen LogP contribution in [0.25, 0.3) is 10.9 Å². The van der Waals surface area contributed by atoms with E-state index in [-0.39, 0.29) is 5.75 Å². The van der Waals surface area contributed by atoms with Crippen LogP contribution in [-0.4, -0.2) is 16.8 Å². The molecule has 4 heteroatoms. The summed E-state index contributed by atoms with van der Waals surface area (Å²) in [5.41, 5.74) is 2.00. The zero-order chi connectivity index (χ0) is 16.4.